The molecule has 1 aromatic rings. The summed E-state index contributed by atoms with van der Waals surface area (Å²) in [5, 5.41) is 15.4. The summed E-state index contributed by atoms with van der Waals surface area (Å²) in [5.41, 5.74) is 0.747. The topological polar surface area (TPSA) is 41.3 Å². The molecule has 4 heteroatoms. The molecule has 0 aliphatic heterocycles. The molecule has 1 heterocycles. The third kappa shape index (κ3) is 3.07. The van der Waals surface area contributed by atoms with Gasteiger partial charge in [-0.3, -0.25) is 9.58 Å². The molecule has 0 spiro atoms. The number of aromatic nitrogens is 2. The van der Waals surface area contributed by atoms with Gasteiger partial charge in [-0.2, -0.15) is 5.10 Å². The second-order valence-electron chi connectivity index (χ2n) is 5.36. The summed E-state index contributed by atoms with van der Waals surface area (Å²) in [6.45, 7) is 13.6. The maximum absolute atomic E-state index is 11.1. The minimum atomic E-state index is -0.494. The van der Waals surface area contributed by atoms with Crippen LogP contribution in [-0.4, -0.2) is 38.4 Å². The first-order valence-corrected chi connectivity index (χ1v) is 8.05. The van der Waals surface area contributed by atoms with E-state index in [1.54, 1.807) is 6.20 Å². The molecule has 0 amide bonds. The van der Waals surface area contributed by atoms with Crippen LogP contribution in [-0.2, 0) is 6.54 Å². The van der Waals surface area contributed by atoms with Crippen LogP contribution in [0, 0.1) is 0 Å². The van der Waals surface area contributed by atoms with Crippen LogP contribution in [0.15, 0.2) is 12.3 Å². The second-order valence-corrected chi connectivity index (χ2v) is 5.36. The van der Waals surface area contributed by atoms with Crippen LogP contribution >= 0.6 is 0 Å². The molecule has 0 saturated carbocycles. The van der Waals surface area contributed by atoms with Crippen LogP contribution in [0.5, 0.6) is 0 Å². The highest BCUT2D eigenvalue weighted by Crippen LogP contribution is 2.37. The summed E-state index contributed by atoms with van der Waals surface area (Å²) in [4.78, 5) is 2.39. The Morgan fingerprint density at radius 1 is 1.20 bits per heavy atom. The van der Waals surface area contributed by atoms with E-state index in [0.717, 1.165) is 44.6 Å². The molecular formula is C16H31N3O. The van der Waals surface area contributed by atoms with Gasteiger partial charge in [0.2, 0.25) is 0 Å². The molecule has 1 N–H and O–H groups in total. The Kier molecular flexibility index (Phi) is 6.69. The van der Waals surface area contributed by atoms with Gasteiger partial charge in [-0.05, 0) is 38.4 Å². The Bertz CT molecular complexity index is 381. The number of rotatable bonds is 9. The van der Waals surface area contributed by atoms with Crippen LogP contribution < -0.4 is 0 Å². The molecular weight excluding hydrogens is 250 g/mol. The van der Waals surface area contributed by atoms with Crippen molar-refractivity contribution >= 4 is 0 Å². The lowest BCUT2D eigenvalue weighted by atomic mass is 9.82. The third-order valence-corrected chi connectivity index (χ3v) is 4.59. The van der Waals surface area contributed by atoms with Gasteiger partial charge < -0.3 is 5.11 Å². The third-order valence-electron chi connectivity index (χ3n) is 4.59. The summed E-state index contributed by atoms with van der Waals surface area (Å²) >= 11 is 0. The fourth-order valence-corrected chi connectivity index (χ4v) is 3.36. The average Bonchev–Trinajstić information content (AvgIpc) is 2.92. The van der Waals surface area contributed by atoms with Crippen molar-refractivity contribution < 1.29 is 5.11 Å². The molecule has 116 valence electrons. The van der Waals surface area contributed by atoms with E-state index in [4.69, 9.17) is 0 Å². The van der Waals surface area contributed by atoms with Crippen molar-refractivity contribution in [1.29, 1.82) is 0 Å². The molecule has 1 rings (SSSR count). The van der Waals surface area contributed by atoms with Crippen LogP contribution in [0.4, 0.5) is 0 Å². The van der Waals surface area contributed by atoms with E-state index >= 15 is 0 Å². The normalized spacial score (nSPS) is 13.9. The number of aryl methyl sites for hydroxylation is 1. The zero-order chi connectivity index (χ0) is 15.2. The average molecular weight is 281 g/mol. The van der Waals surface area contributed by atoms with E-state index in [1.165, 1.54) is 0 Å². The van der Waals surface area contributed by atoms with Crippen molar-refractivity contribution in [2.45, 2.75) is 72.1 Å². The van der Waals surface area contributed by atoms with Gasteiger partial charge in [0.15, 0.2) is 0 Å². The van der Waals surface area contributed by atoms with E-state index in [2.05, 4.69) is 44.6 Å². The van der Waals surface area contributed by atoms with E-state index < -0.39 is 6.10 Å². The smallest absolute Gasteiger partial charge is 0.114 e. The number of nitrogens with zero attached hydrogens (tertiary/aromatic N) is 3. The van der Waals surface area contributed by atoms with Gasteiger partial charge in [0.25, 0.3) is 0 Å². The number of aliphatic hydroxyl groups is 1. The molecule has 0 aromatic carbocycles. The van der Waals surface area contributed by atoms with Gasteiger partial charge in [-0.1, -0.05) is 34.6 Å². The highest BCUT2D eigenvalue weighted by Gasteiger charge is 2.41. The lowest BCUT2D eigenvalue weighted by molar-refractivity contribution is -0.0408. The van der Waals surface area contributed by atoms with Gasteiger partial charge in [0, 0.05) is 12.7 Å². The summed E-state index contributed by atoms with van der Waals surface area (Å²) in [6.07, 6.45) is 4.20. The second kappa shape index (κ2) is 7.79. The number of aliphatic hydroxyl groups excluding tert-OH is 1. The fraction of sp³-hybridized carbons (Fsp3) is 0.812. The largest absolute Gasteiger partial charge is 0.385 e. The molecule has 0 aliphatic carbocycles. The Morgan fingerprint density at radius 2 is 1.80 bits per heavy atom. The summed E-state index contributed by atoms with van der Waals surface area (Å²) in [6, 6.07) is 1.96. The van der Waals surface area contributed by atoms with E-state index in [1.807, 2.05) is 10.7 Å². The monoisotopic (exact) mass is 281 g/mol. The minimum absolute atomic E-state index is 0.199. The predicted molar refractivity (Wildman–Crippen MR) is 83.7 cm³/mol. The van der Waals surface area contributed by atoms with Gasteiger partial charge in [0.05, 0.1) is 11.2 Å². The van der Waals surface area contributed by atoms with E-state index in [0.29, 0.717) is 0 Å². The first-order chi connectivity index (χ1) is 9.61. The van der Waals surface area contributed by atoms with E-state index in [9.17, 15) is 5.11 Å². The summed E-state index contributed by atoms with van der Waals surface area (Å²) in [5.74, 6) is 0. The highest BCUT2D eigenvalue weighted by molar-refractivity contribution is 5.12. The van der Waals surface area contributed by atoms with Crippen molar-refractivity contribution in [3.05, 3.63) is 18.0 Å². The minimum Gasteiger partial charge on any atom is -0.385 e. The molecule has 0 bridgehead atoms. The zero-order valence-corrected chi connectivity index (χ0v) is 13.8. The van der Waals surface area contributed by atoms with Crippen molar-refractivity contribution in [3.8, 4) is 0 Å². The SMILES string of the molecule is CCCn1nccc1C(O)C(CC)(CC)N(CC)CC. The Labute approximate surface area is 123 Å². The maximum atomic E-state index is 11.1. The van der Waals surface area contributed by atoms with Crippen LogP contribution in [0.2, 0.25) is 0 Å². The Balaban J connectivity index is 3.16. The lowest BCUT2D eigenvalue weighted by Gasteiger charge is -2.45. The van der Waals surface area contributed by atoms with Gasteiger partial charge in [-0.15, -0.1) is 0 Å². The Morgan fingerprint density at radius 3 is 2.25 bits per heavy atom. The molecule has 1 unspecified atom stereocenters. The first kappa shape index (κ1) is 17.2. The molecule has 0 saturated heterocycles. The standard InChI is InChI=1S/C16H31N3O/c1-6-13-19-14(11-12-17-19)15(20)16(7-2,8-3)18(9-4)10-5/h11-12,15,20H,6-10,13H2,1-5H3. The summed E-state index contributed by atoms with van der Waals surface area (Å²) in [7, 11) is 0. The first-order valence-electron chi connectivity index (χ1n) is 8.05. The van der Waals surface area contributed by atoms with Crippen molar-refractivity contribution in [2.24, 2.45) is 0 Å². The molecule has 4 nitrogen and oxygen atoms in total. The molecule has 1 atom stereocenters. The predicted octanol–water partition coefficient (Wildman–Crippen LogP) is 3.23. The number of hydrogen-bond donors (Lipinski definition) is 1. The Hall–Kier alpha value is -0.870. The van der Waals surface area contributed by atoms with Crippen LogP contribution in [0.25, 0.3) is 0 Å². The number of likely N-dealkylation sites (N-methyl/N-ethyl adjacent to an activating group) is 1. The lowest BCUT2D eigenvalue weighted by Crippen LogP contribution is -2.52. The van der Waals surface area contributed by atoms with Crippen molar-refractivity contribution in [3.63, 3.8) is 0 Å². The molecule has 0 fully saturated rings. The quantitative estimate of drug-likeness (QED) is 0.755. The van der Waals surface area contributed by atoms with Gasteiger partial charge >= 0.3 is 0 Å². The fourth-order valence-electron chi connectivity index (χ4n) is 3.36. The van der Waals surface area contributed by atoms with Gasteiger partial charge in [0.1, 0.15) is 6.10 Å². The van der Waals surface area contributed by atoms with E-state index in [-0.39, 0.29) is 5.54 Å². The van der Waals surface area contributed by atoms with Crippen LogP contribution in [0.1, 0.15) is 65.7 Å². The molecule has 0 aliphatic rings. The zero-order valence-electron chi connectivity index (χ0n) is 13.8. The summed E-state index contributed by atoms with van der Waals surface area (Å²) < 4.78 is 1.95. The molecule has 1 aromatic heterocycles. The molecule has 20 heavy (non-hydrogen) atoms. The maximum Gasteiger partial charge on any atom is 0.114 e. The van der Waals surface area contributed by atoms with Crippen molar-refractivity contribution in [2.75, 3.05) is 13.1 Å². The van der Waals surface area contributed by atoms with Crippen molar-refractivity contribution in [1.82, 2.24) is 14.7 Å². The highest BCUT2D eigenvalue weighted by atomic mass is 16.3. The van der Waals surface area contributed by atoms with Gasteiger partial charge in [-0.25, -0.2) is 0 Å². The molecule has 0 radical (unpaired) electrons. The van der Waals surface area contributed by atoms with Crippen LogP contribution in [0.3, 0.4) is 0 Å². The number of hydrogen-bond acceptors (Lipinski definition) is 3.